The fraction of sp³-hybridized carbons (Fsp3) is 0.467. The quantitative estimate of drug-likeness (QED) is 0.891. The highest BCUT2D eigenvalue weighted by Gasteiger charge is 2.31. The molecule has 1 unspecified atom stereocenters. The zero-order valence-corrected chi connectivity index (χ0v) is 13.8. The summed E-state index contributed by atoms with van der Waals surface area (Å²) in [6.07, 6.45) is 0.551. The lowest BCUT2D eigenvalue weighted by Gasteiger charge is -2.40. The Morgan fingerprint density at radius 1 is 1.32 bits per heavy atom. The number of anilines is 1. The number of hydrogen-bond donors (Lipinski definition) is 1. The molecule has 0 saturated carbocycles. The fourth-order valence-corrected chi connectivity index (χ4v) is 2.88. The van der Waals surface area contributed by atoms with Crippen LogP contribution in [-0.2, 0) is 9.59 Å². The largest absolute Gasteiger partial charge is 0.481 e. The van der Waals surface area contributed by atoms with Crippen molar-refractivity contribution in [2.75, 3.05) is 24.5 Å². The molecule has 1 aliphatic heterocycles. The van der Waals surface area contributed by atoms with Gasteiger partial charge in [-0.05, 0) is 31.5 Å². The van der Waals surface area contributed by atoms with Gasteiger partial charge >= 0.3 is 5.97 Å². The predicted molar refractivity (Wildman–Crippen MR) is 86.7 cm³/mol. The van der Waals surface area contributed by atoms with E-state index in [1.807, 2.05) is 17.9 Å². The van der Waals surface area contributed by atoms with Gasteiger partial charge in [0.1, 0.15) is 6.04 Å². The molecule has 0 radical (unpaired) electrons. The van der Waals surface area contributed by atoms with Gasteiger partial charge in [-0.25, -0.2) is 0 Å². The van der Waals surface area contributed by atoms with Crippen LogP contribution in [-0.4, -0.2) is 47.6 Å². The van der Waals surface area contributed by atoms with Crippen LogP contribution >= 0.6 is 23.2 Å². The molecule has 2 rings (SSSR count). The lowest BCUT2D eigenvalue weighted by Crippen LogP contribution is -2.56. The fourth-order valence-electron chi connectivity index (χ4n) is 2.59. The summed E-state index contributed by atoms with van der Waals surface area (Å²) in [5.41, 5.74) is 0.862. The van der Waals surface area contributed by atoms with Gasteiger partial charge in [-0.1, -0.05) is 23.2 Å². The number of carboxylic acid groups (broad SMARTS) is 1. The minimum absolute atomic E-state index is 0.00251. The molecule has 1 aromatic rings. The van der Waals surface area contributed by atoms with Crippen LogP contribution < -0.4 is 4.90 Å². The summed E-state index contributed by atoms with van der Waals surface area (Å²) >= 11 is 12.0. The first-order valence-electron chi connectivity index (χ1n) is 7.12. The van der Waals surface area contributed by atoms with E-state index in [1.165, 1.54) is 0 Å². The molecule has 1 N–H and O–H groups in total. The average molecular weight is 345 g/mol. The van der Waals surface area contributed by atoms with Crippen molar-refractivity contribution in [1.29, 1.82) is 0 Å². The van der Waals surface area contributed by atoms with Crippen LogP contribution in [0.4, 0.5) is 5.69 Å². The minimum atomic E-state index is -0.838. The smallest absolute Gasteiger partial charge is 0.303 e. The maximum atomic E-state index is 12.4. The Morgan fingerprint density at radius 3 is 2.68 bits per heavy atom. The lowest BCUT2D eigenvalue weighted by atomic mass is 10.1. The highest BCUT2D eigenvalue weighted by Crippen LogP contribution is 2.29. The van der Waals surface area contributed by atoms with Gasteiger partial charge in [-0.15, -0.1) is 0 Å². The number of halogens is 2. The number of piperazine rings is 1. The maximum absolute atomic E-state index is 12.4. The van der Waals surface area contributed by atoms with E-state index in [1.54, 1.807) is 17.0 Å². The Hall–Kier alpha value is -1.46. The van der Waals surface area contributed by atoms with Crippen molar-refractivity contribution in [1.82, 2.24) is 4.90 Å². The summed E-state index contributed by atoms with van der Waals surface area (Å²) in [6, 6.07) is 5.01. The number of carbonyl (C=O) groups excluding carboxylic acids is 1. The molecule has 0 bridgehead atoms. The van der Waals surface area contributed by atoms with Crippen LogP contribution in [0, 0.1) is 0 Å². The molecule has 0 spiro atoms. The van der Waals surface area contributed by atoms with Crippen molar-refractivity contribution in [3.63, 3.8) is 0 Å². The first-order valence-corrected chi connectivity index (χ1v) is 7.88. The first kappa shape index (κ1) is 16.9. The zero-order chi connectivity index (χ0) is 16.3. The van der Waals surface area contributed by atoms with Gasteiger partial charge in [0.05, 0.1) is 10.0 Å². The second kappa shape index (κ2) is 7.20. The van der Waals surface area contributed by atoms with Crippen molar-refractivity contribution < 1.29 is 14.7 Å². The van der Waals surface area contributed by atoms with Gasteiger partial charge in [-0.3, -0.25) is 9.59 Å². The average Bonchev–Trinajstić information content (AvgIpc) is 2.46. The molecular weight excluding hydrogens is 327 g/mol. The normalized spacial score (nSPS) is 18.7. The third kappa shape index (κ3) is 3.84. The summed E-state index contributed by atoms with van der Waals surface area (Å²) in [6.45, 7) is 3.57. The lowest BCUT2D eigenvalue weighted by molar-refractivity contribution is -0.138. The molecule has 1 aromatic carbocycles. The molecule has 5 nitrogen and oxygen atoms in total. The maximum Gasteiger partial charge on any atom is 0.303 e. The summed E-state index contributed by atoms with van der Waals surface area (Å²) in [5.74, 6) is -0.836. The number of carboxylic acids is 1. The molecule has 7 heteroatoms. The van der Waals surface area contributed by atoms with E-state index in [-0.39, 0.29) is 18.4 Å². The van der Waals surface area contributed by atoms with Gasteiger partial charge in [0.2, 0.25) is 5.91 Å². The van der Waals surface area contributed by atoms with Crippen molar-refractivity contribution in [2.45, 2.75) is 25.8 Å². The summed E-state index contributed by atoms with van der Waals surface area (Å²) < 4.78 is 0. The number of carbonyl (C=O) groups is 2. The summed E-state index contributed by atoms with van der Waals surface area (Å²) in [7, 11) is 0. The van der Waals surface area contributed by atoms with Crippen LogP contribution in [0.15, 0.2) is 18.2 Å². The van der Waals surface area contributed by atoms with Crippen LogP contribution in [0.25, 0.3) is 0 Å². The summed E-state index contributed by atoms with van der Waals surface area (Å²) in [5, 5.41) is 9.61. The van der Waals surface area contributed by atoms with E-state index < -0.39 is 5.97 Å². The molecular formula is C15H18Cl2N2O3. The van der Waals surface area contributed by atoms with Crippen LogP contribution in [0.3, 0.4) is 0 Å². The molecule has 1 fully saturated rings. The third-order valence-electron chi connectivity index (χ3n) is 3.80. The standard InChI is InChI=1S/C15H18Cl2N2O3/c1-10-15(22)18(6-2-3-14(20)21)7-8-19(10)11-4-5-12(16)13(17)9-11/h4-5,9-10H,2-3,6-8H2,1H3,(H,20,21). The molecule has 0 aliphatic carbocycles. The topological polar surface area (TPSA) is 60.9 Å². The van der Waals surface area contributed by atoms with Gasteiger partial charge in [0, 0.05) is 31.7 Å². The summed E-state index contributed by atoms with van der Waals surface area (Å²) in [4.78, 5) is 26.7. The molecule has 1 aliphatic rings. The van der Waals surface area contributed by atoms with Gasteiger partial charge in [0.25, 0.3) is 0 Å². The Bertz CT molecular complexity index is 580. The van der Waals surface area contributed by atoms with Crippen molar-refractivity contribution in [3.8, 4) is 0 Å². The van der Waals surface area contributed by atoms with Crippen LogP contribution in [0.2, 0.25) is 10.0 Å². The Labute approximate surface area is 139 Å². The zero-order valence-electron chi connectivity index (χ0n) is 12.3. The molecule has 1 atom stereocenters. The van der Waals surface area contributed by atoms with Crippen LogP contribution in [0.1, 0.15) is 19.8 Å². The SMILES string of the molecule is CC1C(=O)N(CCCC(=O)O)CCN1c1ccc(Cl)c(Cl)c1. The highest BCUT2D eigenvalue weighted by molar-refractivity contribution is 6.42. The van der Waals surface area contributed by atoms with E-state index in [2.05, 4.69) is 0 Å². The third-order valence-corrected chi connectivity index (χ3v) is 4.54. The molecule has 0 aromatic heterocycles. The second-order valence-electron chi connectivity index (χ2n) is 5.29. The molecule has 1 heterocycles. The number of aliphatic carboxylic acids is 1. The van der Waals surface area contributed by atoms with E-state index in [9.17, 15) is 9.59 Å². The first-order chi connectivity index (χ1) is 10.4. The Kier molecular flexibility index (Phi) is 5.53. The van der Waals surface area contributed by atoms with E-state index in [0.29, 0.717) is 36.1 Å². The van der Waals surface area contributed by atoms with Gasteiger partial charge in [0.15, 0.2) is 0 Å². The monoisotopic (exact) mass is 344 g/mol. The highest BCUT2D eigenvalue weighted by atomic mass is 35.5. The Morgan fingerprint density at radius 2 is 2.05 bits per heavy atom. The van der Waals surface area contributed by atoms with Gasteiger partial charge < -0.3 is 14.9 Å². The van der Waals surface area contributed by atoms with E-state index >= 15 is 0 Å². The molecule has 120 valence electrons. The second-order valence-corrected chi connectivity index (χ2v) is 6.10. The minimum Gasteiger partial charge on any atom is -0.481 e. The van der Waals surface area contributed by atoms with Crippen LogP contribution in [0.5, 0.6) is 0 Å². The number of hydrogen-bond acceptors (Lipinski definition) is 3. The van der Waals surface area contributed by atoms with Crippen molar-refractivity contribution in [3.05, 3.63) is 28.2 Å². The van der Waals surface area contributed by atoms with Crippen molar-refractivity contribution in [2.24, 2.45) is 0 Å². The molecule has 22 heavy (non-hydrogen) atoms. The number of benzene rings is 1. The molecule has 1 amide bonds. The molecule has 1 saturated heterocycles. The van der Waals surface area contributed by atoms with Crippen molar-refractivity contribution >= 4 is 40.8 Å². The predicted octanol–water partition coefficient (Wildman–Crippen LogP) is 2.90. The Balaban J connectivity index is 2.02. The number of rotatable bonds is 5. The number of amides is 1. The van der Waals surface area contributed by atoms with Gasteiger partial charge in [-0.2, -0.15) is 0 Å². The van der Waals surface area contributed by atoms with E-state index in [4.69, 9.17) is 28.3 Å². The number of nitrogens with zero attached hydrogens (tertiary/aromatic N) is 2. The van der Waals surface area contributed by atoms with E-state index in [0.717, 1.165) is 5.69 Å².